The van der Waals surface area contributed by atoms with Crippen molar-refractivity contribution in [3.05, 3.63) is 72.4 Å². The van der Waals surface area contributed by atoms with Gasteiger partial charge < -0.3 is 0 Å². The first-order valence-electron chi connectivity index (χ1n) is 6.34. The monoisotopic (exact) mass is 224 g/mol. The van der Waals surface area contributed by atoms with E-state index in [0.29, 0.717) is 0 Å². The maximum absolute atomic E-state index is 3.86. The molecule has 0 aliphatic heterocycles. The van der Waals surface area contributed by atoms with Gasteiger partial charge in [0.15, 0.2) is 0 Å². The van der Waals surface area contributed by atoms with E-state index in [1.165, 1.54) is 11.1 Å². The van der Waals surface area contributed by atoms with Gasteiger partial charge >= 0.3 is 0 Å². The molecule has 0 radical (unpaired) electrons. The van der Waals surface area contributed by atoms with E-state index in [9.17, 15) is 0 Å². The highest BCUT2D eigenvalue weighted by Crippen LogP contribution is 2.42. The van der Waals surface area contributed by atoms with Crippen molar-refractivity contribution in [2.45, 2.75) is 26.2 Å². The summed E-state index contributed by atoms with van der Waals surface area (Å²) in [6.45, 7) is 6.14. The number of allylic oxidation sites excluding steroid dienone is 5. The molecule has 0 heterocycles. The summed E-state index contributed by atoms with van der Waals surface area (Å²) >= 11 is 0. The summed E-state index contributed by atoms with van der Waals surface area (Å²) in [5.74, 6) is 0. The molecule has 0 fully saturated rings. The maximum Gasteiger partial charge on any atom is 0.0138 e. The Morgan fingerprint density at radius 2 is 2.00 bits per heavy atom. The van der Waals surface area contributed by atoms with Gasteiger partial charge in [-0.25, -0.2) is 0 Å². The predicted octanol–water partition coefficient (Wildman–Crippen LogP) is 4.70. The molecule has 0 spiro atoms. The number of benzene rings is 1. The summed E-state index contributed by atoms with van der Waals surface area (Å²) in [7, 11) is 0. The first kappa shape index (κ1) is 11.9. The van der Waals surface area contributed by atoms with E-state index in [-0.39, 0.29) is 5.41 Å². The van der Waals surface area contributed by atoms with Crippen molar-refractivity contribution in [2.24, 2.45) is 5.41 Å². The molecular weight excluding hydrogens is 204 g/mol. The van der Waals surface area contributed by atoms with E-state index in [0.717, 1.165) is 19.3 Å². The summed E-state index contributed by atoms with van der Waals surface area (Å²) in [5.41, 5.74) is 3.13. The smallest absolute Gasteiger partial charge is 0.0138 e. The van der Waals surface area contributed by atoms with Gasteiger partial charge in [0.05, 0.1) is 0 Å². The highest BCUT2D eigenvalue weighted by molar-refractivity contribution is 5.37. The molecule has 0 saturated carbocycles. The van der Waals surface area contributed by atoms with Crippen molar-refractivity contribution in [3.63, 3.8) is 0 Å². The summed E-state index contributed by atoms with van der Waals surface area (Å²) < 4.78 is 0. The number of hydrogen-bond donors (Lipinski definition) is 0. The van der Waals surface area contributed by atoms with E-state index in [1.807, 2.05) is 6.08 Å². The van der Waals surface area contributed by atoms with Crippen LogP contribution in [0.15, 0.2) is 66.8 Å². The van der Waals surface area contributed by atoms with Gasteiger partial charge in [0.25, 0.3) is 0 Å². The third kappa shape index (κ3) is 2.41. The molecule has 1 aromatic rings. The molecule has 0 bridgehead atoms. The first-order chi connectivity index (χ1) is 8.30. The van der Waals surface area contributed by atoms with E-state index in [2.05, 4.69) is 62.1 Å². The van der Waals surface area contributed by atoms with E-state index in [4.69, 9.17) is 0 Å². The Bertz CT molecular complexity index is 436. The Hall–Kier alpha value is -1.56. The van der Waals surface area contributed by atoms with Crippen LogP contribution in [0.25, 0.3) is 0 Å². The molecule has 17 heavy (non-hydrogen) atoms. The van der Waals surface area contributed by atoms with E-state index < -0.39 is 0 Å². The highest BCUT2D eigenvalue weighted by atomic mass is 14.3. The molecule has 0 heteroatoms. The topological polar surface area (TPSA) is 0 Å². The van der Waals surface area contributed by atoms with Crippen LogP contribution in [0.2, 0.25) is 0 Å². The zero-order valence-electron chi connectivity index (χ0n) is 10.5. The van der Waals surface area contributed by atoms with Crippen LogP contribution in [-0.4, -0.2) is 0 Å². The average Bonchev–Trinajstić information content (AvgIpc) is 2.75. The van der Waals surface area contributed by atoms with Crippen molar-refractivity contribution in [1.29, 1.82) is 0 Å². The summed E-state index contributed by atoms with van der Waals surface area (Å²) in [6.07, 6.45) is 12.1. The maximum atomic E-state index is 3.86. The van der Waals surface area contributed by atoms with Gasteiger partial charge in [0.1, 0.15) is 0 Å². The molecule has 1 aliphatic carbocycles. The largest absolute Gasteiger partial charge is 0.103 e. The predicted molar refractivity (Wildman–Crippen MR) is 74.9 cm³/mol. The minimum atomic E-state index is 0.218. The van der Waals surface area contributed by atoms with Crippen LogP contribution in [0.4, 0.5) is 0 Å². The van der Waals surface area contributed by atoms with Crippen molar-refractivity contribution in [1.82, 2.24) is 0 Å². The molecule has 2 rings (SSSR count). The molecule has 0 aromatic heterocycles. The van der Waals surface area contributed by atoms with Crippen LogP contribution in [0.3, 0.4) is 0 Å². The normalized spacial score (nSPS) is 22.5. The Morgan fingerprint density at radius 3 is 2.65 bits per heavy atom. The fourth-order valence-corrected chi connectivity index (χ4v) is 2.65. The molecular formula is C17H20. The SMILES string of the molecule is C=CCC1=CC=CC1(CC)Cc1ccccc1. The Labute approximate surface area is 104 Å². The van der Waals surface area contributed by atoms with Gasteiger partial charge in [0, 0.05) is 5.41 Å². The second-order valence-electron chi connectivity index (χ2n) is 4.72. The molecule has 0 amide bonds. The zero-order valence-corrected chi connectivity index (χ0v) is 10.5. The van der Waals surface area contributed by atoms with Gasteiger partial charge in [-0.15, -0.1) is 6.58 Å². The van der Waals surface area contributed by atoms with Crippen LogP contribution < -0.4 is 0 Å². The molecule has 1 aromatic carbocycles. The van der Waals surface area contributed by atoms with Crippen LogP contribution in [0.1, 0.15) is 25.3 Å². The molecule has 1 atom stereocenters. The molecule has 0 nitrogen and oxygen atoms in total. The van der Waals surface area contributed by atoms with Crippen molar-refractivity contribution in [3.8, 4) is 0 Å². The van der Waals surface area contributed by atoms with Gasteiger partial charge in [-0.1, -0.05) is 67.1 Å². The van der Waals surface area contributed by atoms with Gasteiger partial charge in [-0.2, -0.15) is 0 Å². The lowest BCUT2D eigenvalue weighted by Gasteiger charge is -2.30. The minimum Gasteiger partial charge on any atom is -0.103 e. The lowest BCUT2D eigenvalue weighted by Crippen LogP contribution is -2.21. The van der Waals surface area contributed by atoms with Gasteiger partial charge in [-0.05, 0) is 24.8 Å². The fraction of sp³-hybridized carbons (Fsp3) is 0.294. The molecule has 0 saturated heterocycles. The van der Waals surface area contributed by atoms with Crippen LogP contribution in [-0.2, 0) is 6.42 Å². The van der Waals surface area contributed by atoms with Crippen molar-refractivity contribution >= 4 is 0 Å². The molecule has 0 N–H and O–H groups in total. The molecule has 1 aliphatic rings. The molecule has 1 unspecified atom stereocenters. The summed E-state index contributed by atoms with van der Waals surface area (Å²) in [4.78, 5) is 0. The van der Waals surface area contributed by atoms with E-state index >= 15 is 0 Å². The zero-order chi connectivity index (χ0) is 12.1. The lowest BCUT2D eigenvalue weighted by atomic mass is 9.74. The van der Waals surface area contributed by atoms with Crippen LogP contribution >= 0.6 is 0 Å². The molecule has 88 valence electrons. The fourth-order valence-electron chi connectivity index (χ4n) is 2.65. The minimum absolute atomic E-state index is 0.218. The Balaban J connectivity index is 2.23. The highest BCUT2D eigenvalue weighted by Gasteiger charge is 2.31. The first-order valence-corrected chi connectivity index (χ1v) is 6.34. The third-order valence-electron chi connectivity index (χ3n) is 3.71. The number of rotatable bonds is 5. The van der Waals surface area contributed by atoms with Gasteiger partial charge in [-0.3, -0.25) is 0 Å². The summed E-state index contributed by atoms with van der Waals surface area (Å²) in [6, 6.07) is 10.7. The van der Waals surface area contributed by atoms with Gasteiger partial charge in [0.2, 0.25) is 0 Å². The standard InChI is InChI=1S/C17H20/c1-3-9-16-12-8-13-17(16,4-2)14-15-10-6-5-7-11-15/h3,5-8,10-13H,1,4,9,14H2,2H3. The summed E-state index contributed by atoms with van der Waals surface area (Å²) in [5, 5.41) is 0. The van der Waals surface area contributed by atoms with Crippen LogP contribution in [0.5, 0.6) is 0 Å². The Kier molecular flexibility index (Phi) is 3.63. The van der Waals surface area contributed by atoms with E-state index in [1.54, 1.807) is 0 Å². The van der Waals surface area contributed by atoms with Crippen molar-refractivity contribution < 1.29 is 0 Å². The lowest BCUT2D eigenvalue weighted by molar-refractivity contribution is 0.439. The third-order valence-corrected chi connectivity index (χ3v) is 3.71. The second kappa shape index (κ2) is 5.18. The average molecular weight is 224 g/mol. The number of hydrogen-bond acceptors (Lipinski definition) is 0. The second-order valence-corrected chi connectivity index (χ2v) is 4.72. The van der Waals surface area contributed by atoms with Crippen molar-refractivity contribution in [2.75, 3.05) is 0 Å². The quantitative estimate of drug-likeness (QED) is 0.636. The Morgan fingerprint density at radius 1 is 1.24 bits per heavy atom. The van der Waals surface area contributed by atoms with Crippen LogP contribution in [0, 0.1) is 5.41 Å².